The summed E-state index contributed by atoms with van der Waals surface area (Å²) in [7, 11) is -2.74. The molecule has 3 heteroatoms. The minimum Gasteiger partial charge on any atom is -0.388 e. The lowest BCUT2D eigenvalue weighted by Crippen LogP contribution is -2.65. The number of hydrogen-bond acceptors (Lipinski definition) is 2. The van der Waals surface area contributed by atoms with Gasteiger partial charge in [-0.05, 0) is 35.6 Å². The maximum Gasteiger partial charge on any atom is 0.407 e. The van der Waals surface area contributed by atoms with Crippen LogP contribution in [0.1, 0.15) is 65.2 Å². The Kier molecular flexibility index (Phi) is 8.32. The van der Waals surface area contributed by atoms with Crippen molar-refractivity contribution in [2.24, 2.45) is 5.92 Å². The van der Waals surface area contributed by atoms with Gasteiger partial charge in [-0.3, -0.25) is 0 Å². The molecule has 2 atom stereocenters. The highest BCUT2D eigenvalue weighted by Crippen LogP contribution is 2.31. The van der Waals surface area contributed by atoms with Crippen LogP contribution >= 0.6 is 0 Å². The van der Waals surface area contributed by atoms with Gasteiger partial charge in [0, 0.05) is 6.61 Å². The van der Waals surface area contributed by atoms with Crippen molar-refractivity contribution >= 4 is 18.9 Å². The molecule has 0 radical (unpaired) electrons. The van der Waals surface area contributed by atoms with Crippen molar-refractivity contribution in [2.45, 2.75) is 71.3 Å². The first-order chi connectivity index (χ1) is 13.8. The van der Waals surface area contributed by atoms with Crippen LogP contribution in [-0.2, 0) is 8.85 Å². The number of hydrogen-bond donors (Lipinski definition) is 0. The smallest absolute Gasteiger partial charge is 0.388 e. The number of benzene rings is 2. The Morgan fingerprint density at radius 3 is 2.00 bits per heavy atom. The van der Waals surface area contributed by atoms with Crippen LogP contribution < -0.4 is 10.4 Å². The van der Waals surface area contributed by atoms with Crippen molar-refractivity contribution < 1.29 is 8.85 Å². The van der Waals surface area contributed by atoms with E-state index < -0.39 is 8.56 Å². The quantitative estimate of drug-likeness (QED) is 0.393. The predicted molar refractivity (Wildman–Crippen MR) is 121 cm³/mol. The molecule has 28 heavy (non-hydrogen) atoms. The molecule has 0 N–H and O–H groups in total. The molecule has 0 bridgehead atoms. The predicted octanol–water partition coefficient (Wildman–Crippen LogP) is 5.44. The highest BCUT2D eigenvalue weighted by Gasteiger charge is 2.46. The van der Waals surface area contributed by atoms with Gasteiger partial charge in [0.2, 0.25) is 0 Å². The van der Waals surface area contributed by atoms with Crippen molar-refractivity contribution in [1.82, 2.24) is 0 Å². The topological polar surface area (TPSA) is 18.5 Å². The third kappa shape index (κ3) is 5.14. The average molecular weight is 397 g/mol. The van der Waals surface area contributed by atoms with E-state index in [2.05, 4.69) is 74.5 Å². The van der Waals surface area contributed by atoms with E-state index in [0.29, 0.717) is 12.0 Å². The molecule has 1 fully saturated rings. The molecule has 152 valence electrons. The van der Waals surface area contributed by atoms with E-state index in [1.165, 1.54) is 48.9 Å². The Labute approximate surface area is 172 Å². The van der Waals surface area contributed by atoms with E-state index in [1.54, 1.807) is 0 Å². The first-order valence-corrected chi connectivity index (χ1v) is 13.0. The molecular weight excluding hydrogens is 360 g/mol. The molecule has 2 nitrogen and oxygen atoms in total. The summed E-state index contributed by atoms with van der Waals surface area (Å²) in [4.78, 5) is 0. The zero-order valence-electron chi connectivity index (χ0n) is 17.6. The van der Waals surface area contributed by atoms with E-state index in [-0.39, 0.29) is 0 Å². The molecule has 2 aromatic carbocycles. The molecule has 0 amide bonds. The zero-order valence-corrected chi connectivity index (χ0v) is 18.6. The molecule has 2 aromatic rings. The monoisotopic (exact) mass is 396 g/mol. The number of rotatable bonds is 10. The van der Waals surface area contributed by atoms with Gasteiger partial charge >= 0.3 is 8.56 Å². The fourth-order valence-corrected chi connectivity index (χ4v) is 7.83. The van der Waals surface area contributed by atoms with Crippen LogP contribution in [0.15, 0.2) is 60.7 Å². The summed E-state index contributed by atoms with van der Waals surface area (Å²) >= 11 is 0. The van der Waals surface area contributed by atoms with Gasteiger partial charge < -0.3 is 8.85 Å². The first-order valence-electron chi connectivity index (χ1n) is 11.2. The number of unbranched alkanes of at least 4 members (excludes halogenated alkanes) is 2. The maximum atomic E-state index is 7.15. The first kappa shape index (κ1) is 21.3. The summed E-state index contributed by atoms with van der Waals surface area (Å²) < 4.78 is 14.0. The lowest BCUT2D eigenvalue weighted by Gasteiger charge is -2.40. The Bertz CT molecular complexity index is 634. The lowest BCUT2D eigenvalue weighted by molar-refractivity contribution is 0.0544. The van der Waals surface area contributed by atoms with Crippen molar-refractivity contribution in [3.8, 4) is 0 Å². The van der Waals surface area contributed by atoms with E-state index in [4.69, 9.17) is 8.85 Å². The lowest BCUT2D eigenvalue weighted by atomic mass is 9.85. The maximum absolute atomic E-state index is 7.15. The summed E-state index contributed by atoms with van der Waals surface area (Å²) in [5, 5.41) is 2.47. The highest BCUT2D eigenvalue weighted by molar-refractivity contribution is 6.92. The van der Waals surface area contributed by atoms with Gasteiger partial charge in [0.25, 0.3) is 0 Å². The van der Waals surface area contributed by atoms with Crippen LogP contribution in [0.5, 0.6) is 0 Å². The summed E-state index contributed by atoms with van der Waals surface area (Å²) in [6, 6.07) is 21.5. The van der Waals surface area contributed by atoms with Gasteiger partial charge in [-0.2, -0.15) is 0 Å². The van der Waals surface area contributed by atoms with Crippen molar-refractivity contribution in [2.75, 3.05) is 6.61 Å². The molecule has 0 aromatic heterocycles. The molecule has 1 aliphatic carbocycles. The molecule has 2 unspecified atom stereocenters. The largest absolute Gasteiger partial charge is 0.407 e. The van der Waals surface area contributed by atoms with Crippen LogP contribution in [0.25, 0.3) is 0 Å². The van der Waals surface area contributed by atoms with Crippen LogP contribution in [0, 0.1) is 5.92 Å². The van der Waals surface area contributed by atoms with Crippen molar-refractivity contribution in [1.29, 1.82) is 0 Å². The Balaban J connectivity index is 1.98. The molecule has 0 heterocycles. The minimum atomic E-state index is -2.74. The summed E-state index contributed by atoms with van der Waals surface area (Å²) in [6.45, 7) is 5.32. The molecule has 1 saturated carbocycles. The molecule has 3 rings (SSSR count). The fraction of sp³-hybridized carbons (Fsp3) is 0.520. The Morgan fingerprint density at radius 1 is 0.821 bits per heavy atom. The third-order valence-electron chi connectivity index (χ3n) is 6.04. The molecule has 1 aliphatic rings. The van der Waals surface area contributed by atoms with Crippen LogP contribution in [-0.4, -0.2) is 21.3 Å². The minimum absolute atomic E-state index is 0.303. The summed E-state index contributed by atoms with van der Waals surface area (Å²) in [5.74, 6) is 0.646. The van der Waals surface area contributed by atoms with Crippen molar-refractivity contribution in [3.05, 3.63) is 60.7 Å². The van der Waals surface area contributed by atoms with E-state index in [9.17, 15) is 0 Å². The van der Waals surface area contributed by atoms with Gasteiger partial charge in [0.1, 0.15) is 0 Å². The van der Waals surface area contributed by atoms with E-state index in [0.717, 1.165) is 19.4 Å². The normalized spacial score (nSPS) is 20.2. The second kappa shape index (κ2) is 10.9. The highest BCUT2D eigenvalue weighted by atomic mass is 28.4. The molecule has 0 spiro atoms. The van der Waals surface area contributed by atoms with Crippen LogP contribution in [0.4, 0.5) is 0 Å². The van der Waals surface area contributed by atoms with E-state index in [1.807, 2.05) is 0 Å². The van der Waals surface area contributed by atoms with Gasteiger partial charge in [-0.1, -0.05) is 107 Å². The second-order valence-corrected chi connectivity index (χ2v) is 10.9. The summed E-state index contributed by atoms with van der Waals surface area (Å²) in [6.07, 6.45) is 10.0. The Morgan fingerprint density at radius 2 is 1.43 bits per heavy atom. The van der Waals surface area contributed by atoms with Gasteiger partial charge in [-0.25, -0.2) is 0 Å². The van der Waals surface area contributed by atoms with Crippen molar-refractivity contribution in [3.63, 3.8) is 0 Å². The van der Waals surface area contributed by atoms with Gasteiger partial charge in [-0.15, -0.1) is 0 Å². The standard InChI is InChI=1S/C25H36O2Si/c1-3-5-14-21-26-28(23-16-8-6-9-17-23,24-18-10-7-11-19-24)27-25-20-13-12-15-22(25)4-2/h6-11,16-19,22,25H,3-5,12-15,20-21H2,1-2H3. The van der Waals surface area contributed by atoms with E-state index >= 15 is 0 Å². The van der Waals surface area contributed by atoms with Crippen LogP contribution in [0.2, 0.25) is 0 Å². The van der Waals surface area contributed by atoms with Gasteiger partial charge in [0.15, 0.2) is 0 Å². The molecular formula is C25H36O2Si. The summed E-state index contributed by atoms with van der Waals surface area (Å²) in [5.41, 5.74) is 0. The average Bonchev–Trinajstić information content (AvgIpc) is 2.77. The second-order valence-electron chi connectivity index (χ2n) is 8.01. The Hall–Kier alpha value is -1.42. The molecule has 0 saturated heterocycles. The fourth-order valence-electron chi connectivity index (χ4n) is 4.40. The van der Waals surface area contributed by atoms with Crippen LogP contribution in [0.3, 0.4) is 0 Å². The molecule has 0 aliphatic heterocycles. The SMILES string of the molecule is CCCCCO[Si](OC1CCCCC1CC)(c1ccccc1)c1ccccc1. The van der Waals surface area contributed by atoms with Gasteiger partial charge in [0.05, 0.1) is 6.10 Å². The third-order valence-corrected chi connectivity index (χ3v) is 9.47. The zero-order chi connectivity index (χ0) is 19.7.